The van der Waals surface area contributed by atoms with E-state index < -0.39 is 55.9 Å². The van der Waals surface area contributed by atoms with Gasteiger partial charge in [0.15, 0.2) is 17.5 Å². The van der Waals surface area contributed by atoms with Gasteiger partial charge in [-0.25, -0.2) is 26.0 Å². The van der Waals surface area contributed by atoms with Crippen LogP contribution in [0.3, 0.4) is 0 Å². The van der Waals surface area contributed by atoms with Gasteiger partial charge in [-0.2, -0.15) is 4.31 Å². The zero-order valence-electron chi connectivity index (χ0n) is 16.0. The van der Waals surface area contributed by atoms with Crippen LogP contribution in [0, 0.1) is 35.1 Å². The number of rotatable bonds is 4. The molecule has 31 heavy (non-hydrogen) atoms. The summed E-state index contributed by atoms with van der Waals surface area (Å²) in [5, 5.41) is 12.2. The monoisotopic (exact) mass is 458 g/mol. The Morgan fingerprint density at radius 3 is 2.32 bits per heavy atom. The first-order valence-electron chi connectivity index (χ1n) is 9.50. The summed E-state index contributed by atoms with van der Waals surface area (Å²) in [6.07, 6.45) is 0.399. The number of hydrogen-bond acceptors (Lipinski definition) is 4. The largest absolute Gasteiger partial charge is 0.392 e. The van der Waals surface area contributed by atoms with Gasteiger partial charge in [-0.3, -0.25) is 4.79 Å². The second-order valence-electron chi connectivity index (χ2n) is 7.82. The van der Waals surface area contributed by atoms with Crippen molar-refractivity contribution in [2.24, 2.45) is 11.8 Å². The van der Waals surface area contributed by atoms with Crippen LogP contribution in [-0.4, -0.2) is 42.9 Å². The Bertz CT molecular complexity index is 1130. The van der Waals surface area contributed by atoms with Crippen molar-refractivity contribution in [2.45, 2.75) is 23.8 Å². The lowest BCUT2D eigenvalue weighted by Gasteiger charge is -2.23. The standard InChI is InChI=1S/C20H18F4N2O4S/c21-15-2-1-10(20(28)25-13-6-16(22)19(24)17(23)7-13)5-18(15)31(29,30)26-8-12-3-11(12)4-14(27)9-26/h1-2,5-7,11-12,14,27H,3-4,8-9H2,(H,25,28). The highest BCUT2D eigenvalue weighted by molar-refractivity contribution is 7.89. The van der Waals surface area contributed by atoms with Gasteiger partial charge in [0.05, 0.1) is 6.10 Å². The maximum absolute atomic E-state index is 14.4. The molecule has 0 radical (unpaired) electrons. The second-order valence-corrected chi connectivity index (χ2v) is 9.73. The fourth-order valence-electron chi connectivity index (χ4n) is 3.83. The van der Waals surface area contributed by atoms with E-state index in [9.17, 15) is 35.9 Å². The number of hydrogen-bond donors (Lipinski definition) is 2. The minimum absolute atomic E-state index is 0.102. The molecule has 2 N–H and O–H groups in total. The molecule has 3 atom stereocenters. The molecule has 1 heterocycles. The molecular weight excluding hydrogens is 440 g/mol. The number of anilines is 1. The topological polar surface area (TPSA) is 86.7 Å². The van der Waals surface area contributed by atoms with Crippen molar-refractivity contribution in [3.8, 4) is 0 Å². The summed E-state index contributed by atoms with van der Waals surface area (Å²) in [7, 11) is -4.35. The van der Waals surface area contributed by atoms with Crippen molar-refractivity contribution in [3.05, 3.63) is 59.2 Å². The quantitative estimate of drug-likeness (QED) is 0.545. The number of halogens is 4. The Morgan fingerprint density at radius 2 is 1.65 bits per heavy atom. The molecule has 1 aliphatic heterocycles. The summed E-state index contributed by atoms with van der Waals surface area (Å²) in [5.74, 6) is -6.45. The lowest BCUT2D eigenvalue weighted by molar-refractivity contribution is 0.102. The van der Waals surface area contributed by atoms with Crippen molar-refractivity contribution in [1.82, 2.24) is 4.31 Å². The van der Waals surface area contributed by atoms with Crippen molar-refractivity contribution in [3.63, 3.8) is 0 Å². The summed E-state index contributed by atoms with van der Waals surface area (Å²) >= 11 is 0. The number of β-amino-alcohol motifs (C(OH)–C–C–N with tert-alkyl or cyclic N) is 1. The Balaban J connectivity index is 1.61. The van der Waals surface area contributed by atoms with E-state index >= 15 is 0 Å². The Labute approximate surface area is 175 Å². The van der Waals surface area contributed by atoms with Gasteiger partial charge in [0.2, 0.25) is 10.0 Å². The molecule has 166 valence electrons. The van der Waals surface area contributed by atoms with E-state index in [1.807, 2.05) is 0 Å². The highest BCUT2D eigenvalue weighted by Gasteiger charge is 2.45. The lowest BCUT2D eigenvalue weighted by atomic mass is 10.2. The number of carbonyl (C=O) groups excluding carboxylic acids is 1. The zero-order valence-corrected chi connectivity index (χ0v) is 16.8. The number of benzene rings is 2. The average Bonchev–Trinajstić information content (AvgIpc) is 3.43. The van der Waals surface area contributed by atoms with Gasteiger partial charge in [-0.05, 0) is 42.9 Å². The van der Waals surface area contributed by atoms with Crippen LogP contribution in [0.15, 0.2) is 35.2 Å². The first-order chi connectivity index (χ1) is 14.6. The first-order valence-corrected chi connectivity index (χ1v) is 10.9. The van der Waals surface area contributed by atoms with Crippen molar-refractivity contribution >= 4 is 21.6 Å². The minimum Gasteiger partial charge on any atom is -0.392 e. The molecule has 0 spiro atoms. The maximum Gasteiger partial charge on any atom is 0.255 e. The average molecular weight is 458 g/mol. The van der Waals surface area contributed by atoms with Gasteiger partial charge in [-0.1, -0.05) is 0 Å². The lowest BCUT2D eigenvalue weighted by Crippen LogP contribution is -2.38. The number of aliphatic hydroxyl groups excluding tert-OH is 1. The molecule has 2 aliphatic rings. The van der Waals surface area contributed by atoms with Gasteiger partial charge in [0.1, 0.15) is 10.7 Å². The van der Waals surface area contributed by atoms with E-state index in [1.165, 1.54) is 0 Å². The number of sulfonamides is 1. The zero-order chi connectivity index (χ0) is 22.5. The highest BCUT2D eigenvalue weighted by atomic mass is 32.2. The summed E-state index contributed by atoms with van der Waals surface area (Å²) in [4.78, 5) is 11.7. The summed E-state index contributed by atoms with van der Waals surface area (Å²) in [6.45, 7) is -0.0343. The fourth-order valence-corrected chi connectivity index (χ4v) is 5.45. The molecule has 1 amide bonds. The van der Waals surface area contributed by atoms with Crippen LogP contribution in [-0.2, 0) is 10.0 Å². The third-order valence-electron chi connectivity index (χ3n) is 5.55. The van der Waals surface area contributed by atoms with Crippen LogP contribution in [0.2, 0.25) is 0 Å². The third-order valence-corrected chi connectivity index (χ3v) is 7.40. The molecule has 0 aromatic heterocycles. The number of carbonyl (C=O) groups is 1. The van der Waals surface area contributed by atoms with E-state index in [4.69, 9.17) is 0 Å². The van der Waals surface area contributed by atoms with Crippen LogP contribution >= 0.6 is 0 Å². The van der Waals surface area contributed by atoms with Gasteiger partial charge >= 0.3 is 0 Å². The molecule has 1 saturated heterocycles. The summed E-state index contributed by atoms with van der Waals surface area (Å²) in [5.41, 5.74) is -0.685. The predicted octanol–water partition coefficient (Wildman–Crippen LogP) is 2.89. The Morgan fingerprint density at radius 1 is 0.968 bits per heavy atom. The molecule has 1 saturated carbocycles. The van der Waals surface area contributed by atoms with Gasteiger partial charge in [-0.15, -0.1) is 0 Å². The fraction of sp³-hybridized carbons (Fsp3) is 0.350. The van der Waals surface area contributed by atoms with E-state index in [0.29, 0.717) is 18.6 Å². The van der Waals surface area contributed by atoms with E-state index in [-0.39, 0.29) is 30.5 Å². The molecule has 2 aromatic carbocycles. The molecule has 4 rings (SSSR count). The van der Waals surface area contributed by atoms with Gasteiger partial charge < -0.3 is 10.4 Å². The molecule has 6 nitrogen and oxygen atoms in total. The van der Waals surface area contributed by atoms with Gasteiger partial charge in [0, 0.05) is 36.5 Å². The Kier molecular flexibility index (Phi) is 5.52. The van der Waals surface area contributed by atoms with Crippen molar-refractivity contribution in [1.29, 1.82) is 0 Å². The number of amides is 1. The normalized spacial score (nSPS) is 23.7. The third kappa shape index (κ3) is 4.30. The maximum atomic E-state index is 14.4. The SMILES string of the molecule is O=C(Nc1cc(F)c(F)c(F)c1)c1ccc(F)c(S(=O)(=O)N2CC(O)CC3CC3C2)c1. The second kappa shape index (κ2) is 7.88. The summed E-state index contributed by atoms with van der Waals surface area (Å²) in [6, 6.07) is 3.73. The van der Waals surface area contributed by atoms with Crippen LogP contribution in [0.25, 0.3) is 0 Å². The number of nitrogens with zero attached hydrogens (tertiary/aromatic N) is 1. The van der Waals surface area contributed by atoms with E-state index in [2.05, 4.69) is 5.32 Å². The molecule has 11 heteroatoms. The molecule has 2 fully saturated rings. The predicted molar refractivity (Wildman–Crippen MR) is 102 cm³/mol. The Hall–Kier alpha value is -2.50. The first kappa shape index (κ1) is 21.7. The van der Waals surface area contributed by atoms with E-state index in [0.717, 1.165) is 28.9 Å². The molecule has 0 bridgehead atoms. The smallest absolute Gasteiger partial charge is 0.255 e. The number of aliphatic hydroxyl groups is 1. The highest BCUT2D eigenvalue weighted by Crippen LogP contribution is 2.45. The molecule has 1 aliphatic carbocycles. The van der Waals surface area contributed by atoms with Crippen LogP contribution in [0.1, 0.15) is 23.2 Å². The minimum atomic E-state index is -4.35. The number of fused-ring (bicyclic) bond motifs is 1. The van der Waals surface area contributed by atoms with Gasteiger partial charge in [0.25, 0.3) is 5.91 Å². The van der Waals surface area contributed by atoms with Crippen molar-refractivity contribution in [2.75, 3.05) is 18.4 Å². The molecular formula is C20H18F4N2O4S. The van der Waals surface area contributed by atoms with E-state index in [1.54, 1.807) is 0 Å². The number of nitrogens with one attached hydrogen (secondary N) is 1. The van der Waals surface area contributed by atoms with Crippen LogP contribution in [0.4, 0.5) is 23.2 Å². The van der Waals surface area contributed by atoms with Crippen molar-refractivity contribution < 1.29 is 35.9 Å². The molecule has 2 aromatic rings. The summed E-state index contributed by atoms with van der Waals surface area (Å²) < 4.78 is 81.3. The van der Waals surface area contributed by atoms with Crippen LogP contribution in [0.5, 0.6) is 0 Å². The van der Waals surface area contributed by atoms with Crippen LogP contribution < -0.4 is 5.32 Å². The molecule has 3 unspecified atom stereocenters.